The van der Waals surface area contributed by atoms with E-state index in [0.717, 1.165) is 30.0 Å². The van der Waals surface area contributed by atoms with Crippen LogP contribution in [0.4, 0.5) is 11.4 Å². The van der Waals surface area contributed by atoms with Crippen molar-refractivity contribution in [1.29, 1.82) is 0 Å². The van der Waals surface area contributed by atoms with Crippen LogP contribution >= 0.6 is 0 Å². The molecule has 35 heavy (non-hydrogen) atoms. The van der Waals surface area contributed by atoms with Crippen molar-refractivity contribution in [2.24, 2.45) is 0 Å². The standard InChI is InChI=1S/C30H30N2O3/c33-30(32-27-14-8-16-29(22-27)35-20-18-25-11-5-2-6-12-25)23-31-26-13-7-15-28(21-26)34-19-17-24-9-3-1-4-10-24/h1-16,21-22,31H,17-20,23H2,(H,32,33). The van der Waals surface area contributed by atoms with E-state index in [-0.39, 0.29) is 12.5 Å². The van der Waals surface area contributed by atoms with Crippen molar-refractivity contribution >= 4 is 17.3 Å². The minimum atomic E-state index is -0.137. The first-order chi connectivity index (χ1) is 17.2. The predicted molar refractivity (Wildman–Crippen MR) is 141 cm³/mol. The van der Waals surface area contributed by atoms with E-state index in [1.54, 1.807) is 0 Å². The molecule has 0 spiro atoms. The number of benzene rings is 4. The van der Waals surface area contributed by atoms with Crippen molar-refractivity contribution in [1.82, 2.24) is 0 Å². The molecule has 0 bridgehead atoms. The van der Waals surface area contributed by atoms with Gasteiger partial charge >= 0.3 is 0 Å². The fourth-order valence-electron chi connectivity index (χ4n) is 3.61. The Hall–Kier alpha value is -4.25. The molecule has 4 aromatic rings. The molecule has 2 N–H and O–H groups in total. The molecule has 0 saturated carbocycles. The van der Waals surface area contributed by atoms with E-state index in [2.05, 4.69) is 34.9 Å². The van der Waals surface area contributed by atoms with Gasteiger partial charge in [0.05, 0.1) is 19.8 Å². The lowest BCUT2D eigenvalue weighted by Crippen LogP contribution is -2.21. The highest BCUT2D eigenvalue weighted by Gasteiger charge is 2.05. The Bertz CT molecular complexity index is 1200. The average molecular weight is 467 g/mol. The number of carbonyl (C=O) groups is 1. The summed E-state index contributed by atoms with van der Waals surface area (Å²) in [7, 11) is 0. The SMILES string of the molecule is O=C(CNc1cccc(OCCc2ccccc2)c1)Nc1cccc(OCCc2ccccc2)c1. The molecule has 0 unspecified atom stereocenters. The fraction of sp³-hybridized carbons (Fsp3) is 0.167. The third-order valence-corrected chi connectivity index (χ3v) is 5.41. The first-order valence-corrected chi connectivity index (χ1v) is 11.8. The Labute approximate surface area is 206 Å². The number of nitrogens with one attached hydrogen (secondary N) is 2. The molecule has 0 aliphatic rings. The molecule has 178 valence electrons. The Kier molecular flexibility index (Phi) is 8.77. The van der Waals surface area contributed by atoms with E-state index < -0.39 is 0 Å². The highest BCUT2D eigenvalue weighted by Crippen LogP contribution is 2.19. The summed E-state index contributed by atoms with van der Waals surface area (Å²) in [5.41, 5.74) is 4.00. The number of rotatable bonds is 12. The van der Waals surface area contributed by atoms with Crippen LogP contribution in [0.5, 0.6) is 11.5 Å². The highest BCUT2D eigenvalue weighted by atomic mass is 16.5. The van der Waals surface area contributed by atoms with Crippen LogP contribution in [0.15, 0.2) is 109 Å². The number of hydrogen-bond acceptors (Lipinski definition) is 4. The number of hydrogen-bond donors (Lipinski definition) is 2. The summed E-state index contributed by atoms with van der Waals surface area (Å²) in [5, 5.41) is 6.07. The van der Waals surface area contributed by atoms with Crippen molar-refractivity contribution in [2.45, 2.75) is 12.8 Å². The van der Waals surface area contributed by atoms with Gasteiger partial charge in [-0.05, 0) is 35.4 Å². The molecule has 5 heteroatoms. The molecule has 0 aliphatic heterocycles. The topological polar surface area (TPSA) is 59.6 Å². The largest absolute Gasteiger partial charge is 0.493 e. The second kappa shape index (κ2) is 12.8. The molecule has 0 aliphatic carbocycles. The molecule has 4 aromatic carbocycles. The molecule has 0 saturated heterocycles. The molecule has 5 nitrogen and oxygen atoms in total. The summed E-state index contributed by atoms with van der Waals surface area (Å²) in [4.78, 5) is 12.5. The Balaban J connectivity index is 1.20. The molecule has 0 heterocycles. The summed E-state index contributed by atoms with van der Waals surface area (Å²) in [6.45, 7) is 1.32. The minimum Gasteiger partial charge on any atom is -0.493 e. The molecule has 0 atom stereocenters. The van der Waals surface area contributed by atoms with Crippen LogP contribution in [0.25, 0.3) is 0 Å². The smallest absolute Gasteiger partial charge is 0.243 e. The van der Waals surface area contributed by atoms with E-state index in [1.807, 2.05) is 84.9 Å². The summed E-state index contributed by atoms with van der Waals surface area (Å²) in [6.07, 6.45) is 1.67. The number of ether oxygens (including phenoxy) is 2. The molecular formula is C30H30N2O3. The van der Waals surface area contributed by atoms with E-state index >= 15 is 0 Å². The lowest BCUT2D eigenvalue weighted by atomic mass is 10.2. The lowest BCUT2D eigenvalue weighted by Gasteiger charge is -2.11. The molecule has 4 rings (SSSR count). The first-order valence-electron chi connectivity index (χ1n) is 11.8. The van der Waals surface area contributed by atoms with E-state index in [0.29, 0.717) is 18.9 Å². The summed E-state index contributed by atoms with van der Waals surface area (Å²) >= 11 is 0. The van der Waals surface area contributed by atoms with Gasteiger partial charge in [-0.3, -0.25) is 4.79 Å². The third kappa shape index (κ3) is 8.23. The van der Waals surface area contributed by atoms with Gasteiger partial charge in [0.15, 0.2) is 0 Å². The highest BCUT2D eigenvalue weighted by molar-refractivity contribution is 5.93. The number of amides is 1. The summed E-state index contributed by atoms with van der Waals surface area (Å²) in [5.74, 6) is 1.36. The van der Waals surface area contributed by atoms with E-state index in [4.69, 9.17) is 9.47 Å². The summed E-state index contributed by atoms with van der Waals surface area (Å²) < 4.78 is 11.7. The van der Waals surface area contributed by atoms with Crippen LogP contribution in [0.3, 0.4) is 0 Å². The van der Waals surface area contributed by atoms with Gasteiger partial charge in [0.2, 0.25) is 5.91 Å². The first kappa shape index (κ1) is 23.9. The Morgan fingerprint density at radius 1 is 0.600 bits per heavy atom. The van der Waals surface area contributed by atoms with Gasteiger partial charge in [0.25, 0.3) is 0 Å². The maximum absolute atomic E-state index is 12.5. The molecular weight excluding hydrogens is 436 g/mol. The number of anilines is 2. The summed E-state index contributed by atoms with van der Waals surface area (Å²) in [6, 6.07) is 35.6. The van der Waals surface area contributed by atoms with Gasteiger partial charge in [0.1, 0.15) is 11.5 Å². The van der Waals surface area contributed by atoms with Crippen LogP contribution in [0.1, 0.15) is 11.1 Å². The Morgan fingerprint density at radius 2 is 1.11 bits per heavy atom. The van der Waals surface area contributed by atoms with E-state index in [9.17, 15) is 4.79 Å². The van der Waals surface area contributed by atoms with Crippen LogP contribution in [0.2, 0.25) is 0 Å². The zero-order chi connectivity index (χ0) is 24.1. The van der Waals surface area contributed by atoms with Gasteiger partial charge < -0.3 is 20.1 Å². The van der Waals surface area contributed by atoms with Crippen molar-refractivity contribution < 1.29 is 14.3 Å². The second-order valence-corrected chi connectivity index (χ2v) is 8.13. The molecule has 0 aromatic heterocycles. The van der Waals surface area contributed by atoms with Crippen molar-refractivity contribution in [3.63, 3.8) is 0 Å². The normalized spacial score (nSPS) is 10.4. The lowest BCUT2D eigenvalue weighted by molar-refractivity contribution is -0.114. The maximum Gasteiger partial charge on any atom is 0.243 e. The van der Waals surface area contributed by atoms with Gasteiger partial charge in [-0.25, -0.2) is 0 Å². The van der Waals surface area contributed by atoms with E-state index in [1.165, 1.54) is 11.1 Å². The minimum absolute atomic E-state index is 0.137. The van der Waals surface area contributed by atoms with Crippen LogP contribution in [-0.2, 0) is 17.6 Å². The zero-order valence-corrected chi connectivity index (χ0v) is 19.7. The van der Waals surface area contributed by atoms with Gasteiger partial charge in [-0.2, -0.15) is 0 Å². The fourth-order valence-corrected chi connectivity index (χ4v) is 3.61. The molecule has 0 fully saturated rings. The van der Waals surface area contributed by atoms with Crippen LogP contribution in [-0.4, -0.2) is 25.7 Å². The average Bonchev–Trinajstić information content (AvgIpc) is 2.89. The van der Waals surface area contributed by atoms with Crippen molar-refractivity contribution in [3.05, 3.63) is 120 Å². The predicted octanol–water partition coefficient (Wildman–Crippen LogP) is 5.98. The molecule has 0 radical (unpaired) electrons. The monoisotopic (exact) mass is 466 g/mol. The van der Waals surface area contributed by atoms with Crippen molar-refractivity contribution in [3.8, 4) is 11.5 Å². The maximum atomic E-state index is 12.5. The van der Waals surface area contributed by atoms with Gasteiger partial charge in [-0.1, -0.05) is 72.8 Å². The van der Waals surface area contributed by atoms with Gasteiger partial charge in [-0.15, -0.1) is 0 Å². The van der Waals surface area contributed by atoms with Crippen molar-refractivity contribution in [2.75, 3.05) is 30.4 Å². The second-order valence-electron chi connectivity index (χ2n) is 8.13. The molecule has 1 amide bonds. The Morgan fingerprint density at radius 3 is 1.69 bits per heavy atom. The quantitative estimate of drug-likeness (QED) is 0.270. The van der Waals surface area contributed by atoms with Crippen LogP contribution in [0, 0.1) is 0 Å². The third-order valence-electron chi connectivity index (χ3n) is 5.41. The van der Waals surface area contributed by atoms with Gasteiger partial charge in [0, 0.05) is 36.3 Å². The van der Waals surface area contributed by atoms with Crippen LogP contribution < -0.4 is 20.1 Å². The zero-order valence-electron chi connectivity index (χ0n) is 19.7. The number of carbonyl (C=O) groups excluding carboxylic acids is 1.